The molecule has 0 aliphatic carbocycles. The lowest BCUT2D eigenvalue weighted by atomic mass is 9.93. The molecule has 2 aromatic rings. The number of aryl methyl sites for hydroxylation is 1. The summed E-state index contributed by atoms with van der Waals surface area (Å²) in [6, 6.07) is 8.32. The number of amides is 2. The molecule has 0 unspecified atom stereocenters. The average Bonchev–Trinajstić information content (AvgIpc) is 3.03. The van der Waals surface area contributed by atoms with E-state index in [4.69, 9.17) is 14.2 Å². The lowest BCUT2D eigenvalue weighted by Gasteiger charge is -2.38. The minimum Gasteiger partial charge on any atom is -0.493 e. The van der Waals surface area contributed by atoms with Gasteiger partial charge in [0.15, 0.2) is 0 Å². The predicted molar refractivity (Wildman–Crippen MR) is 171 cm³/mol. The number of nitrogens with zero attached hydrogens (tertiary/aromatic N) is 2. The van der Waals surface area contributed by atoms with Crippen molar-refractivity contribution in [2.75, 3.05) is 60.2 Å². The van der Waals surface area contributed by atoms with Crippen molar-refractivity contribution in [3.05, 3.63) is 52.8 Å². The van der Waals surface area contributed by atoms with E-state index in [1.54, 1.807) is 32.4 Å². The SMILES string of the molecule is CCc1cc(-c2cc(C(=O)N3CCC(COC)CC3)ccc2F)c(OCCCOC)cc1C(=O)N(C(C)C)[C@@H]1CCCNC1. The number of halogens is 1. The third-order valence-electron chi connectivity index (χ3n) is 8.83. The Morgan fingerprint density at radius 3 is 2.45 bits per heavy atom. The lowest BCUT2D eigenvalue weighted by molar-refractivity contribution is 0.0571. The normalized spacial score (nSPS) is 17.6. The number of nitrogens with one attached hydrogen (secondary N) is 1. The summed E-state index contributed by atoms with van der Waals surface area (Å²) in [5, 5.41) is 3.43. The molecule has 0 aromatic heterocycles. The highest BCUT2D eigenvalue weighted by Gasteiger charge is 2.31. The van der Waals surface area contributed by atoms with Crippen LogP contribution in [0.25, 0.3) is 11.1 Å². The molecule has 0 bridgehead atoms. The molecule has 0 spiro atoms. The molecule has 2 fully saturated rings. The van der Waals surface area contributed by atoms with Gasteiger partial charge in [0.25, 0.3) is 11.8 Å². The van der Waals surface area contributed by atoms with Crippen LogP contribution in [0.15, 0.2) is 30.3 Å². The number of methoxy groups -OCH3 is 2. The van der Waals surface area contributed by atoms with Gasteiger partial charge in [0, 0.05) is 87.8 Å². The highest BCUT2D eigenvalue weighted by Crippen LogP contribution is 2.37. The maximum atomic E-state index is 15.6. The molecule has 1 N–H and O–H groups in total. The van der Waals surface area contributed by atoms with E-state index in [1.807, 2.05) is 36.6 Å². The molecule has 2 aliphatic rings. The molecule has 0 radical (unpaired) electrons. The van der Waals surface area contributed by atoms with Crippen molar-refractivity contribution in [1.29, 1.82) is 0 Å². The minimum atomic E-state index is -0.444. The molecule has 2 aliphatic heterocycles. The number of hydrogen-bond acceptors (Lipinski definition) is 6. The van der Waals surface area contributed by atoms with Crippen molar-refractivity contribution >= 4 is 11.8 Å². The minimum absolute atomic E-state index is 0.0163. The molecule has 0 saturated carbocycles. The molecule has 2 amide bonds. The largest absolute Gasteiger partial charge is 0.493 e. The summed E-state index contributed by atoms with van der Waals surface area (Å²) < 4.78 is 32.3. The van der Waals surface area contributed by atoms with Crippen molar-refractivity contribution in [2.24, 2.45) is 5.92 Å². The molecule has 4 rings (SSSR count). The Morgan fingerprint density at radius 1 is 1.05 bits per heavy atom. The van der Waals surface area contributed by atoms with Crippen molar-refractivity contribution in [2.45, 2.75) is 71.4 Å². The Bertz CT molecular complexity index is 1260. The van der Waals surface area contributed by atoms with Crippen LogP contribution in [0, 0.1) is 11.7 Å². The van der Waals surface area contributed by atoms with Crippen LogP contribution in [0.2, 0.25) is 0 Å². The van der Waals surface area contributed by atoms with Crippen molar-refractivity contribution in [3.63, 3.8) is 0 Å². The Labute approximate surface area is 262 Å². The second kappa shape index (κ2) is 16.3. The molecule has 242 valence electrons. The number of hydrogen-bond donors (Lipinski definition) is 1. The molecule has 2 saturated heterocycles. The second-order valence-electron chi connectivity index (χ2n) is 12.2. The number of piperidine rings is 2. The summed E-state index contributed by atoms with van der Waals surface area (Å²) in [4.78, 5) is 31.5. The molecule has 2 aromatic carbocycles. The highest BCUT2D eigenvalue weighted by molar-refractivity contribution is 5.99. The van der Waals surface area contributed by atoms with E-state index in [2.05, 4.69) is 5.32 Å². The highest BCUT2D eigenvalue weighted by atomic mass is 19.1. The van der Waals surface area contributed by atoms with Gasteiger partial charge in [0.1, 0.15) is 11.6 Å². The van der Waals surface area contributed by atoms with Crippen LogP contribution in [0.3, 0.4) is 0 Å². The maximum Gasteiger partial charge on any atom is 0.254 e. The van der Waals surface area contributed by atoms with Gasteiger partial charge in [-0.1, -0.05) is 6.92 Å². The predicted octanol–water partition coefficient (Wildman–Crippen LogP) is 5.57. The molecule has 9 heteroatoms. The smallest absolute Gasteiger partial charge is 0.254 e. The Hall–Kier alpha value is -3.01. The van der Waals surface area contributed by atoms with Gasteiger partial charge in [0.05, 0.1) is 6.61 Å². The summed E-state index contributed by atoms with van der Waals surface area (Å²) in [5.74, 6) is 0.276. The fourth-order valence-corrected chi connectivity index (χ4v) is 6.45. The van der Waals surface area contributed by atoms with Crippen molar-refractivity contribution in [3.8, 4) is 16.9 Å². The standard InChI is InChI=1S/C35H50FN3O5/c1-6-26-19-31(30-20-27(10-11-32(30)36)34(40)38-15-12-25(13-16-38)23-43-5)33(44-18-8-17-42-4)21-29(26)35(41)39(24(2)3)28-9-7-14-37-22-28/h10-11,19-21,24-25,28,37H,6-9,12-18,22-23H2,1-5H3/t28-/m1/s1. The molecule has 44 heavy (non-hydrogen) atoms. The van der Waals surface area contributed by atoms with Crippen LogP contribution < -0.4 is 10.1 Å². The van der Waals surface area contributed by atoms with Gasteiger partial charge in [-0.15, -0.1) is 0 Å². The maximum absolute atomic E-state index is 15.6. The van der Waals surface area contributed by atoms with Crippen LogP contribution in [-0.2, 0) is 15.9 Å². The molecule has 1 atom stereocenters. The van der Waals surface area contributed by atoms with Gasteiger partial charge in [-0.3, -0.25) is 9.59 Å². The van der Waals surface area contributed by atoms with Gasteiger partial charge in [-0.05, 0) is 94.3 Å². The fourth-order valence-electron chi connectivity index (χ4n) is 6.45. The number of carbonyl (C=O) groups excluding carboxylic acids is 2. The number of rotatable bonds is 13. The molecular weight excluding hydrogens is 561 g/mol. The quantitative estimate of drug-likeness (QED) is 0.299. The summed E-state index contributed by atoms with van der Waals surface area (Å²) in [6.45, 7) is 10.7. The van der Waals surface area contributed by atoms with E-state index >= 15 is 4.39 Å². The summed E-state index contributed by atoms with van der Waals surface area (Å²) >= 11 is 0. The molecular formula is C35H50FN3O5. The number of benzene rings is 2. The van der Waals surface area contributed by atoms with E-state index in [9.17, 15) is 9.59 Å². The third-order valence-corrected chi connectivity index (χ3v) is 8.83. The summed E-state index contributed by atoms with van der Waals surface area (Å²) in [7, 11) is 3.34. The lowest BCUT2D eigenvalue weighted by Crippen LogP contribution is -2.51. The molecule has 8 nitrogen and oxygen atoms in total. The van der Waals surface area contributed by atoms with E-state index in [0.29, 0.717) is 74.1 Å². The zero-order chi connectivity index (χ0) is 31.6. The first kappa shape index (κ1) is 33.9. The molecule has 2 heterocycles. The van der Waals surface area contributed by atoms with Gasteiger partial charge >= 0.3 is 0 Å². The van der Waals surface area contributed by atoms with E-state index in [0.717, 1.165) is 44.3 Å². The zero-order valence-corrected chi connectivity index (χ0v) is 27.1. The number of likely N-dealkylation sites (tertiary alicyclic amines) is 1. The first-order valence-corrected chi connectivity index (χ1v) is 16.2. The Morgan fingerprint density at radius 2 is 1.82 bits per heavy atom. The zero-order valence-electron chi connectivity index (χ0n) is 27.1. The Kier molecular flexibility index (Phi) is 12.6. The van der Waals surface area contributed by atoms with Gasteiger partial charge in [-0.2, -0.15) is 0 Å². The fraction of sp³-hybridized carbons (Fsp3) is 0.600. The van der Waals surface area contributed by atoms with Crippen LogP contribution in [0.4, 0.5) is 4.39 Å². The van der Waals surface area contributed by atoms with Crippen molar-refractivity contribution in [1.82, 2.24) is 15.1 Å². The van der Waals surface area contributed by atoms with E-state index in [1.165, 1.54) is 6.07 Å². The van der Waals surface area contributed by atoms with E-state index in [-0.39, 0.29) is 29.5 Å². The van der Waals surface area contributed by atoms with Crippen LogP contribution in [0.5, 0.6) is 5.75 Å². The van der Waals surface area contributed by atoms with Crippen molar-refractivity contribution < 1.29 is 28.2 Å². The topological polar surface area (TPSA) is 80.3 Å². The van der Waals surface area contributed by atoms with Crippen LogP contribution >= 0.6 is 0 Å². The number of carbonyl (C=O) groups is 2. The monoisotopic (exact) mass is 611 g/mol. The van der Waals surface area contributed by atoms with E-state index < -0.39 is 5.82 Å². The average molecular weight is 612 g/mol. The van der Waals surface area contributed by atoms with Gasteiger partial charge in [0.2, 0.25) is 0 Å². The number of ether oxygens (including phenoxy) is 3. The van der Waals surface area contributed by atoms with Gasteiger partial charge < -0.3 is 29.3 Å². The summed E-state index contributed by atoms with van der Waals surface area (Å²) in [5.41, 5.74) is 2.66. The van der Waals surface area contributed by atoms with Crippen LogP contribution in [0.1, 0.15) is 79.2 Å². The first-order chi connectivity index (χ1) is 21.3. The Balaban J connectivity index is 1.71. The first-order valence-electron chi connectivity index (χ1n) is 16.2. The summed E-state index contributed by atoms with van der Waals surface area (Å²) in [6.07, 6.45) is 4.96. The van der Waals surface area contributed by atoms with Gasteiger partial charge in [-0.25, -0.2) is 4.39 Å². The third kappa shape index (κ3) is 8.17. The second-order valence-corrected chi connectivity index (χ2v) is 12.2. The van der Waals surface area contributed by atoms with Crippen LogP contribution in [-0.4, -0.2) is 93.9 Å².